The van der Waals surface area contributed by atoms with E-state index in [1.54, 1.807) is 0 Å². The van der Waals surface area contributed by atoms with Crippen LogP contribution in [0.1, 0.15) is 26.2 Å². The number of nitrogens with zero attached hydrogens (tertiary/aromatic N) is 1. The van der Waals surface area contributed by atoms with Gasteiger partial charge in [-0.1, -0.05) is 37.2 Å². The summed E-state index contributed by atoms with van der Waals surface area (Å²) < 4.78 is 0. The molecule has 0 amide bonds. The lowest BCUT2D eigenvalue weighted by molar-refractivity contribution is 0.306. The Labute approximate surface area is 118 Å². The summed E-state index contributed by atoms with van der Waals surface area (Å²) in [7, 11) is 0. The Hall–Kier alpha value is -1.00. The van der Waals surface area contributed by atoms with E-state index in [1.807, 2.05) is 23.9 Å². The first kappa shape index (κ1) is 13.0. The summed E-state index contributed by atoms with van der Waals surface area (Å²) in [5, 5.41) is 1.65. The molecule has 1 fully saturated rings. The van der Waals surface area contributed by atoms with E-state index in [0.29, 0.717) is 11.2 Å². The molecular weight excluding hydrogens is 254 g/mol. The molecule has 0 saturated heterocycles. The molecule has 3 unspecified atom stereocenters. The molecule has 3 atom stereocenters. The van der Waals surface area contributed by atoms with Crippen molar-refractivity contribution >= 4 is 22.8 Å². The zero-order valence-electron chi connectivity index (χ0n) is 11.3. The lowest BCUT2D eigenvalue weighted by Gasteiger charge is -2.33. The predicted molar refractivity (Wildman–Crippen MR) is 81.3 cm³/mol. The zero-order chi connectivity index (χ0) is 13.2. The van der Waals surface area contributed by atoms with Gasteiger partial charge in [0.25, 0.3) is 0 Å². The van der Waals surface area contributed by atoms with Crippen molar-refractivity contribution < 1.29 is 0 Å². The number of nitrogens with one attached hydrogen (secondary N) is 1. The van der Waals surface area contributed by atoms with Gasteiger partial charge in [-0.3, -0.25) is 0 Å². The van der Waals surface area contributed by atoms with Crippen LogP contribution < -0.4 is 5.73 Å². The molecule has 0 radical (unpaired) electrons. The molecule has 102 valence electrons. The van der Waals surface area contributed by atoms with E-state index in [2.05, 4.69) is 29.0 Å². The van der Waals surface area contributed by atoms with Gasteiger partial charge in [0.05, 0.1) is 11.0 Å². The second kappa shape index (κ2) is 5.55. The predicted octanol–water partition coefficient (Wildman–Crippen LogP) is 3.42. The molecule has 1 aromatic heterocycles. The highest BCUT2D eigenvalue weighted by molar-refractivity contribution is 7.99. The Bertz CT molecular complexity index is 518. The first-order chi connectivity index (χ1) is 9.26. The first-order valence-electron chi connectivity index (χ1n) is 7.07. The number of H-pyrrole nitrogens is 1. The molecule has 1 aromatic carbocycles. The summed E-state index contributed by atoms with van der Waals surface area (Å²) in [5.41, 5.74) is 8.10. The molecule has 0 spiro atoms. The second-order valence-electron chi connectivity index (χ2n) is 5.63. The summed E-state index contributed by atoms with van der Waals surface area (Å²) in [4.78, 5) is 8.08. The van der Waals surface area contributed by atoms with Gasteiger partial charge in [0, 0.05) is 5.25 Å². The zero-order valence-corrected chi connectivity index (χ0v) is 12.1. The normalized spacial score (nSPS) is 27.8. The summed E-state index contributed by atoms with van der Waals surface area (Å²) >= 11 is 1.88. The fraction of sp³-hybridized carbons (Fsp3) is 0.533. The van der Waals surface area contributed by atoms with Crippen LogP contribution in [-0.4, -0.2) is 21.8 Å². The minimum atomic E-state index is 0.606. The molecule has 0 bridgehead atoms. The number of nitrogens with two attached hydrogens (primary N) is 1. The highest BCUT2D eigenvalue weighted by Crippen LogP contribution is 2.38. The molecule has 0 aliphatic heterocycles. The summed E-state index contributed by atoms with van der Waals surface area (Å²) in [6, 6.07) is 8.21. The first-order valence-corrected chi connectivity index (χ1v) is 7.95. The number of aromatic nitrogens is 2. The van der Waals surface area contributed by atoms with Crippen molar-refractivity contribution in [2.24, 2.45) is 17.6 Å². The second-order valence-corrected chi connectivity index (χ2v) is 6.86. The maximum Gasteiger partial charge on any atom is 0.166 e. The quantitative estimate of drug-likeness (QED) is 0.902. The van der Waals surface area contributed by atoms with Crippen LogP contribution in [0.4, 0.5) is 0 Å². The fourth-order valence-electron chi connectivity index (χ4n) is 2.93. The van der Waals surface area contributed by atoms with Crippen LogP contribution in [0.5, 0.6) is 0 Å². The third kappa shape index (κ3) is 2.79. The highest BCUT2D eigenvalue weighted by Gasteiger charge is 2.29. The van der Waals surface area contributed by atoms with E-state index in [4.69, 9.17) is 5.73 Å². The van der Waals surface area contributed by atoms with Crippen molar-refractivity contribution in [2.75, 3.05) is 6.54 Å². The monoisotopic (exact) mass is 275 g/mol. The van der Waals surface area contributed by atoms with E-state index in [0.717, 1.165) is 28.7 Å². The molecule has 4 heteroatoms. The van der Waals surface area contributed by atoms with Crippen LogP contribution in [-0.2, 0) is 0 Å². The number of thioether (sulfide) groups is 1. The van der Waals surface area contributed by atoms with Gasteiger partial charge in [-0.2, -0.15) is 0 Å². The maximum absolute atomic E-state index is 5.92. The van der Waals surface area contributed by atoms with Crippen LogP contribution in [0.3, 0.4) is 0 Å². The van der Waals surface area contributed by atoms with Crippen molar-refractivity contribution in [3.63, 3.8) is 0 Å². The lowest BCUT2D eigenvalue weighted by Crippen LogP contribution is -2.31. The number of imidazole rings is 1. The highest BCUT2D eigenvalue weighted by atomic mass is 32.2. The van der Waals surface area contributed by atoms with Gasteiger partial charge < -0.3 is 10.7 Å². The van der Waals surface area contributed by atoms with Crippen LogP contribution in [0.2, 0.25) is 0 Å². The average molecular weight is 275 g/mol. The molecule has 3 N–H and O–H groups in total. The van der Waals surface area contributed by atoms with Crippen LogP contribution in [0, 0.1) is 11.8 Å². The van der Waals surface area contributed by atoms with Crippen molar-refractivity contribution in [3.05, 3.63) is 24.3 Å². The third-order valence-electron chi connectivity index (χ3n) is 4.12. The number of hydrogen-bond donors (Lipinski definition) is 2. The fourth-order valence-corrected chi connectivity index (χ4v) is 4.41. The number of hydrogen-bond acceptors (Lipinski definition) is 3. The van der Waals surface area contributed by atoms with Crippen molar-refractivity contribution in [1.82, 2.24) is 9.97 Å². The Morgan fingerprint density at radius 2 is 2.21 bits per heavy atom. The molecule has 1 saturated carbocycles. The van der Waals surface area contributed by atoms with Gasteiger partial charge in [0.15, 0.2) is 5.16 Å². The standard InChI is InChI=1S/C15H21N3S/c1-10-6-7-11(9-16)14(8-10)19-15-17-12-4-2-3-5-13(12)18-15/h2-5,10-11,14H,6-9,16H2,1H3,(H,17,18). The molecule has 3 nitrogen and oxygen atoms in total. The minimum Gasteiger partial charge on any atom is -0.333 e. The number of aromatic amines is 1. The molecule has 1 heterocycles. The Kier molecular flexibility index (Phi) is 3.80. The lowest BCUT2D eigenvalue weighted by atomic mass is 9.82. The minimum absolute atomic E-state index is 0.606. The molecule has 3 rings (SSSR count). The van der Waals surface area contributed by atoms with Gasteiger partial charge >= 0.3 is 0 Å². The number of fused-ring (bicyclic) bond motifs is 1. The van der Waals surface area contributed by atoms with Gasteiger partial charge in [-0.15, -0.1) is 0 Å². The maximum atomic E-state index is 5.92. The molecule has 2 aromatic rings. The van der Waals surface area contributed by atoms with Crippen LogP contribution >= 0.6 is 11.8 Å². The van der Waals surface area contributed by atoms with Crippen molar-refractivity contribution in [3.8, 4) is 0 Å². The molecule has 1 aliphatic carbocycles. The third-order valence-corrected chi connectivity index (χ3v) is 5.42. The van der Waals surface area contributed by atoms with Crippen molar-refractivity contribution in [2.45, 2.75) is 36.6 Å². The summed E-state index contributed by atoms with van der Waals surface area (Å²) in [6.45, 7) is 3.14. The van der Waals surface area contributed by atoms with Crippen molar-refractivity contribution in [1.29, 1.82) is 0 Å². The largest absolute Gasteiger partial charge is 0.333 e. The molecular formula is C15H21N3S. The van der Waals surface area contributed by atoms with E-state index < -0.39 is 0 Å². The topological polar surface area (TPSA) is 54.7 Å². The number of benzene rings is 1. The molecule has 19 heavy (non-hydrogen) atoms. The van der Waals surface area contributed by atoms with E-state index in [9.17, 15) is 0 Å². The summed E-state index contributed by atoms with van der Waals surface area (Å²) in [5.74, 6) is 1.44. The summed E-state index contributed by atoms with van der Waals surface area (Å²) in [6.07, 6.45) is 3.83. The van der Waals surface area contributed by atoms with E-state index in [1.165, 1.54) is 19.3 Å². The average Bonchev–Trinajstić information content (AvgIpc) is 2.81. The number of para-hydroxylation sites is 2. The van der Waals surface area contributed by atoms with Gasteiger partial charge in [0.2, 0.25) is 0 Å². The van der Waals surface area contributed by atoms with E-state index in [-0.39, 0.29) is 0 Å². The van der Waals surface area contributed by atoms with Crippen LogP contribution in [0.15, 0.2) is 29.4 Å². The van der Waals surface area contributed by atoms with E-state index >= 15 is 0 Å². The van der Waals surface area contributed by atoms with Gasteiger partial charge in [-0.05, 0) is 43.4 Å². The smallest absolute Gasteiger partial charge is 0.166 e. The van der Waals surface area contributed by atoms with Crippen LogP contribution in [0.25, 0.3) is 11.0 Å². The van der Waals surface area contributed by atoms with Gasteiger partial charge in [-0.25, -0.2) is 4.98 Å². The Morgan fingerprint density at radius 1 is 1.37 bits per heavy atom. The Balaban J connectivity index is 1.78. The van der Waals surface area contributed by atoms with Gasteiger partial charge in [0.1, 0.15) is 0 Å². The Morgan fingerprint density at radius 3 is 3.00 bits per heavy atom. The SMILES string of the molecule is CC1CCC(CN)C(Sc2nc3ccccc3[nH]2)C1. The number of rotatable bonds is 3. The molecule has 1 aliphatic rings.